The third-order valence-electron chi connectivity index (χ3n) is 7.50. The van der Waals surface area contributed by atoms with Gasteiger partial charge in [-0.3, -0.25) is 8.97 Å². The lowest BCUT2D eigenvalue weighted by Gasteiger charge is -2.23. The Morgan fingerprint density at radius 1 is 0.564 bits per heavy atom. The number of aromatic nitrogens is 5. The van der Waals surface area contributed by atoms with Gasteiger partial charge in [-0.1, -0.05) is 66.7 Å². The van der Waals surface area contributed by atoms with Crippen LogP contribution in [0.15, 0.2) is 115 Å². The Bertz CT molecular complexity index is 2260. The predicted molar refractivity (Wildman–Crippen MR) is 154 cm³/mol. The number of rotatable bonds is 2. The van der Waals surface area contributed by atoms with Gasteiger partial charge in [-0.05, 0) is 48.5 Å². The summed E-state index contributed by atoms with van der Waals surface area (Å²) in [6.07, 6.45) is 0. The zero-order chi connectivity index (χ0) is 25.5. The molecule has 1 aliphatic rings. The van der Waals surface area contributed by atoms with E-state index >= 15 is 0 Å². The molecule has 6 heteroatoms. The third kappa shape index (κ3) is 2.77. The molecule has 0 N–H and O–H groups in total. The van der Waals surface area contributed by atoms with Gasteiger partial charge >= 0.3 is 0 Å². The van der Waals surface area contributed by atoms with Crippen LogP contribution < -0.4 is 4.74 Å². The highest BCUT2D eigenvalue weighted by Crippen LogP contribution is 2.47. The van der Waals surface area contributed by atoms with E-state index in [1.165, 1.54) is 0 Å². The average Bonchev–Trinajstić information content (AvgIpc) is 3.58. The smallest absolute Gasteiger partial charge is 0.162 e. The first kappa shape index (κ1) is 20.6. The molecule has 1 aliphatic heterocycles. The van der Waals surface area contributed by atoms with Crippen molar-refractivity contribution in [1.82, 2.24) is 23.9 Å². The lowest BCUT2D eigenvalue weighted by molar-refractivity contribution is 0.477. The standard InChI is InChI=1S/C33H19N5O/c1-2-10-20(11-3-1)31-36-25-16-9-19-28-29(25)37(31)27-18-8-13-22(30(27)39-28)33-34-23-14-5-4-12-21(23)32-35-24-15-6-7-17-26(24)38(32)33/h1-19H. The van der Waals surface area contributed by atoms with E-state index < -0.39 is 0 Å². The summed E-state index contributed by atoms with van der Waals surface area (Å²) in [4.78, 5) is 15.2. The maximum atomic E-state index is 6.70. The molecule has 9 rings (SSSR count). The van der Waals surface area contributed by atoms with Crippen molar-refractivity contribution in [3.8, 4) is 40.0 Å². The minimum Gasteiger partial charge on any atom is -0.452 e. The molecule has 182 valence electrons. The Hall–Kier alpha value is -5.49. The highest BCUT2D eigenvalue weighted by atomic mass is 16.5. The lowest BCUT2D eigenvalue weighted by atomic mass is 10.1. The predicted octanol–water partition coefficient (Wildman–Crippen LogP) is 7.81. The molecule has 4 heterocycles. The molecule has 0 aliphatic carbocycles. The average molecular weight is 502 g/mol. The first-order valence-corrected chi connectivity index (χ1v) is 12.9. The largest absolute Gasteiger partial charge is 0.452 e. The summed E-state index contributed by atoms with van der Waals surface area (Å²) < 4.78 is 11.1. The highest BCUT2D eigenvalue weighted by molar-refractivity contribution is 5.99. The van der Waals surface area contributed by atoms with Gasteiger partial charge < -0.3 is 4.74 Å². The van der Waals surface area contributed by atoms with Gasteiger partial charge in [-0.2, -0.15) is 0 Å². The topological polar surface area (TPSA) is 57.2 Å². The quantitative estimate of drug-likeness (QED) is 0.242. The first-order valence-electron chi connectivity index (χ1n) is 12.9. The summed E-state index contributed by atoms with van der Waals surface area (Å²) >= 11 is 0. The molecule has 0 saturated heterocycles. The van der Waals surface area contributed by atoms with Crippen LogP contribution in [0.25, 0.3) is 67.1 Å². The fraction of sp³-hybridized carbons (Fsp3) is 0. The molecule has 3 aromatic heterocycles. The Balaban J connectivity index is 1.41. The molecular weight excluding hydrogens is 482 g/mol. The molecule has 5 aromatic carbocycles. The number of benzene rings is 5. The van der Waals surface area contributed by atoms with E-state index in [1.807, 2.05) is 72.8 Å². The van der Waals surface area contributed by atoms with Gasteiger partial charge in [0.2, 0.25) is 0 Å². The van der Waals surface area contributed by atoms with E-state index in [0.717, 1.165) is 78.6 Å². The summed E-state index contributed by atoms with van der Waals surface area (Å²) in [7, 11) is 0. The summed E-state index contributed by atoms with van der Waals surface area (Å²) in [5.41, 5.74) is 8.42. The fourth-order valence-corrected chi connectivity index (χ4v) is 5.81. The van der Waals surface area contributed by atoms with Gasteiger partial charge in [0.15, 0.2) is 17.3 Å². The Labute approximate surface area is 222 Å². The summed E-state index contributed by atoms with van der Waals surface area (Å²) in [5, 5.41) is 1.01. The second kappa shape index (κ2) is 7.52. The van der Waals surface area contributed by atoms with Gasteiger partial charge in [0.1, 0.15) is 17.0 Å². The van der Waals surface area contributed by atoms with Gasteiger partial charge in [0, 0.05) is 10.9 Å². The fourth-order valence-electron chi connectivity index (χ4n) is 5.81. The van der Waals surface area contributed by atoms with Gasteiger partial charge in [0.25, 0.3) is 0 Å². The first-order chi connectivity index (χ1) is 19.3. The van der Waals surface area contributed by atoms with E-state index in [1.54, 1.807) is 0 Å². The zero-order valence-electron chi connectivity index (χ0n) is 20.6. The lowest BCUT2D eigenvalue weighted by Crippen LogP contribution is -2.08. The molecule has 0 radical (unpaired) electrons. The Kier molecular flexibility index (Phi) is 3.96. The third-order valence-corrected chi connectivity index (χ3v) is 7.50. The maximum Gasteiger partial charge on any atom is 0.162 e. The Morgan fingerprint density at radius 3 is 2.23 bits per heavy atom. The van der Waals surface area contributed by atoms with Crippen LogP contribution in [0.2, 0.25) is 0 Å². The molecule has 0 fully saturated rings. The molecule has 0 spiro atoms. The van der Waals surface area contributed by atoms with Crippen LogP contribution in [0.1, 0.15) is 0 Å². The van der Waals surface area contributed by atoms with E-state index in [4.69, 9.17) is 19.7 Å². The van der Waals surface area contributed by atoms with Crippen molar-refractivity contribution < 1.29 is 4.74 Å². The molecule has 0 atom stereocenters. The van der Waals surface area contributed by atoms with Crippen LogP contribution in [0.4, 0.5) is 0 Å². The molecule has 0 amide bonds. The SMILES string of the molecule is c1ccc(-c2nc3cccc4c3n2-c2cccc(-c3nc5ccccc5c5nc6ccccc6n35)c2O4)cc1. The van der Waals surface area contributed by atoms with Crippen LogP contribution in [0.3, 0.4) is 0 Å². The van der Waals surface area contributed by atoms with Crippen molar-refractivity contribution in [3.63, 3.8) is 0 Å². The van der Waals surface area contributed by atoms with Crippen LogP contribution in [-0.2, 0) is 0 Å². The molecule has 39 heavy (non-hydrogen) atoms. The summed E-state index contributed by atoms with van der Waals surface area (Å²) in [5.74, 6) is 3.18. The molecule has 8 aromatic rings. The zero-order valence-corrected chi connectivity index (χ0v) is 20.6. The van der Waals surface area contributed by atoms with Crippen molar-refractivity contribution >= 4 is 38.6 Å². The minimum absolute atomic E-state index is 0.745. The van der Waals surface area contributed by atoms with Crippen molar-refractivity contribution in [1.29, 1.82) is 0 Å². The van der Waals surface area contributed by atoms with E-state index in [9.17, 15) is 0 Å². The molecule has 0 bridgehead atoms. The maximum absolute atomic E-state index is 6.70. The van der Waals surface area contributed by atoms with E-state index in [2.05, 4.69) is 51.4 Å². The molecule has 0 saturated carbocycles. The van der Waals surface area contributed by atoms with Crippen LogP contribution in [-0.4, -0.2) is 23.9 Å². The Morgan fingerprint density at radius 2 is 1.31 bits per heavy atom. The van der Waals surface area contributed by atoms with Crippen LogP contribution in [0.5, 0.6) is 11.5 Å². The number of fused-ring (bicyclic) bond motifs is 7. The van der Waals surface area contributed by atoms with Crippen molar-refractivity contribution in [2.45, 2.75) is 0 Å². The monoisotopic (exact) mass is 501 g/mol. The van der Waals surface area contributed by atoms with E-state index in [0.29, 0.717) is 0 Å². The van der Waals surface area contributed by atoms with E-state index in [-0.39, 0.29) is 0 Å². The van der Waals surface area contributed by atoms with Gasteiger partial charge in [-0.15, -0.1) is 0 Å². The number of imidazole rings is 2. The number of hydrogen-bond donors (Lipinski definition) is 0. The van der Waals surface area contributed by atoms with Crippen molar-refractivity contribution in [2.24, 2.45) is 0 Å². The number of nitrogens with zero attached hydrogens (tertiary/aromatic N) is 5. The normalized spacial score (nSPS) is 12.3. The second-order valence-corrected chi connectivity index (χ2v) is 9.73. The summed E-state index contributed by atoms with van der Waals surface area (Å²) in [6, 6.07) is 38.9. The molecular formula is C33H19N5O. The minimum atomic E-state index is 0.745. The van der Waals surface area contributed by atoms with Gasteiger partial charge in [0.05, 0.1) is 33.3 Å². The number of hydrogen-bond acceptors (Lipinski definition) is 4. The molecule has 6 nitrogen and oxygen atoms in total. The van der Waals surface area contributed by atoms with Crippen molar-refractivity contribution in [3.05, 3.63) is 115 Å². The number of ether oxygens (including phenoxy) is 1. The van der Waals surface area contributed by atoms with Crippen molar-refractivity contribution in [2.75, 3.05) is 0 Å². The molecule has 0 unspecified atom stereocenters. The van der Waals surface area contributed by atoms with Crippen LogP contribution in [0, 0.1) is 0 Å². The van der Waals surface area contributed by atoms with Gasteiger partial charge in [-0.25, -0.2) is 15.0 Å². The number of para-hydroxylation sites is 5. The van der Waals surface area contributed by atoms with Crippen LogP contribution >= 0.6 is 0 Å². The highest BCUT2D eigenvalue weighted by Gasteiger charge is 2.28. The second-order valence-electron chi connectivity index (χ2n) is 9.73. The summed E-state index contributed by atoms with van der Waals surface area (Å²) in [6.45, 7) is 0.